The smallest absolute Gasteiger partial charge is 0.319 e. The number of fused-ring (bicyclic) bond motifs is 2. The van der Waals surface area contributed by atoms with Crippen LogP contribution in [0.15, 0.2) is 55.0 Å². The fourth-order valence-corrected chi connectivity index (χ4v) is 6.51. The van der Waals surface area contributed by atoms with Crippen LogP contribution in [0.3, 0.4) is 0 Å². The molecular formula is C34H33FN8O2. The Kier molecular flexibility index (Phi) is 8.29. The fourth-order valence-electron chi connectivity index (χ4n) is 6.51. The van der Waals surface area contributed by atoms with E-state index in [4.69, 9.17) is 19.7 Å². The Morgan fingerprint density at radius 3 is 2.64 bits per heavy atom. The zero-order valence-electron chi connectivity index (χ0n) is 25.3. The maximum atomic E-state index is 13.8. The summed E-state index contributed by atoms with van der Waals surface area (Å²) < 4.78 is 20.0. The van der Waals surface area contributed by atoms with Gasteiger partial charge < -0.3 is 19.4 Å². The van der Waals surface area contributed by atoms with Crippen LogP contribution in [0.5, 0.6) is 6.01 Å². The number of ether oxygens (including phenoxy) is 1. The topological polar surface area (TPSA) is 122 Å². The van der Waals surface area contributed by atoms with Crippen molar-refractivity contribution in [3.05, 3.63) is 66.1 Å². The van der Waals surface area contributed by atoms with Crippen molar-refractivity contribution in [2.24, 2.45) is 0 Å². The van der Waals surface area contributed by atoms with E-state index in [1.165, 1.54) is 4.90 Å². The average Bonchev–Trinajstić information content (AvgIpc) is 3.46. The van der Waals surface area contributed by atoms with Gasteiger partial charge in [-0.1, -0.05) is 43.0 Å². The molecule has 11 heteroatoms. The van der Waals surface area contributed by atoms with Crippen molar-refractivity contribution < 1.29 is 13.9 Å². The predicted octanol–water partition coefficient (Wildman–Crippen LogP) is 4.91. The second kappa shape index (κ2) is 12.5. The van der Waals surface area contributed by atoms with Gasteiger partial charge in [0, 0.05) is 37.4 Å². The van der Waals surface area contributed by atoms with Crippen LogP contribution in [0.1, 0.15) is 30.4 Å². The predicted molar refractivity (Wildman–Crippen MR) is 169 cm³/mol. The number of piperazine rings is 1. The number of hydrogen-bond donors (Lipinski definition) is 0. The lowest BCUT2D eigenvalue weighted by Gasteiger charge is -2.41. The van der Waals surface area contributed by atoms with Crippen molar-refractivity contribution in [2.45, 2.75) is 38.3 Å². The summed E-state index contributed by atoms with van der Waals surface area (Å²) in [7, 11) is 2.06. The van der Waals surface area contributed by atoms with E-state index in [-0.39, 0.29) is 31.6 Å². The van der Waals surface area contributed by atoms with Crippen LogP contribution in [0.25, 0.3) is 32.9 Å². The third kappa shape index (κ3) is 5.63. The Morgan fingerprint density at radius 1 is 1.13 bits per heavy atom. The van der Waals surface area contributed by atoms with Crippen molar-refractivity contribution in [1.82, 2.24) is 24.8 Å². The zero-order valence-corrected chi connectivity index (χ0v) is 25.3. The van der Waals surface area contributed by atoms with Gasteiger partial charge in [-0.2, -0.15) is 20.5 Å². The number of likely N-dealkylation sites (tertiary alicyclic amines) is 1. The Labute approximate surface area is 261 Å². The van der Waals surface area contributed by atoms with Crippen molar-refractivity contribution >= 4 is 33.4 Å². The second-order valence-corrected chi connectivity index (χ2v) is 11.6. The van der Waals surface area contributed by atoms with Gasteiger partial charge in [0.25, 0.3) is 5.91 Å². The largest absolute Gasteiger partial charge is 0.462 e. The van der Waals surface area contributed by atoms with Gasteiger partial charge in [-0.25, -0.2) is 4.39 Å². The fraction of sp³-hybridized carbons (Fsp3) is 0.353. The van der Waals surface area contributed by atoms with Gasteiger partial charge in [0.15, 0.2) is 5.83 Å². The molecule has 0 bridgehead atoms. The van der Waals surface area contributed by atoms with Gasteiger partial charge in [0.2, 0.25) is 0 Å². The number of aromatic nitrogens is 3. The molecule has 10 nitrogen and oxygen atoms in total. The van der Waals surface area contributed by atoms with E-state index < -0.39 is 17.8 Å². The number of amides is 1. The molecular weight excluding hydrogens is 571 g/mol. The Morgan fingerprint density at radius 2 is 1.93 bits per heavy atom. The van der Waals surface area contributed by atoms with Crippen LogP contribution in [-0.4, -0.2) is 82.6 Å². The van der Waals surface area contributed by atoms with Crippen LogP contribution in [0.4, 0.5) is 10.2 Å². The van der Waals surface area contributed by atoms with Crippen LogP contribution in [-0.2, 0) is 4.79 Å². The molecule has 228 valence electrons. The van der Waals surface area contributed by atoms with Gasteiger partial charge in [-0.05, 0) is 49.7 Å². The highest BCUT2D eigenvalue weighted by Gasteiger charge is 2.34. The lowest BCUT2D eigenvalue weighted by atomic mass is 9.95. The summed E-state index contributed by atoms with van der Waals surface area (Å²) in [5.41, 5.74) is 3.10. The van der Waals surface area contributed by atoms with Gasteiger partial charge in [0.05, 0.1) is 29.6 Å². The number of nitriles is 2. The molecule has 0 spiro atoms. The molecule has 6 rings (SSSR count). The number of carbonyl (C=O) groups excluding carboxylic acids is 1. The Hall–Kier alpha value is -5.13. The lowest BCUT2D eigenvalue weighted by molar-refractivity contribution is -0.131. The van der Waals surface area contributed by atoms with Crippen LogP contribution in [0.2, 0.25) is 0 Å². The molecule has 2 saturated heterocycles. The first-order chi connectivity index (χ1) is 21.8. The Balaban J connectivity index is 1.48. The number of rotatable bonds is 7. The van der Waals surface area contributed by atoms with Crippen molar-refractivity contribution in [2.75, 3.05) is 44.7 Å². The monoisotopic (exact) mass is 604 g/mol. The summed E-state index contributed by atoms with van der Waals surface area (Å²) in [4.78, 5) is 32.4. The molecule has 2 aromatic carbocycles. The SMILES string of the molecule is C=C(F)C(=O)N1CCN(c2nc(OC[C@@H]3CCCN3C)nc3c(C#N)c(-c4cccc5cccc(C)c45)ncc23)C[C@@H]1CC#N. The first-order valence-electron chi connectivity index (χ1n) is 15.0. The minimum Gasteiger partial charge on any atom is -0.462 e. The number of carbonyl (C=O) groups is 1. The third-order valence-corrected chi connectivity index (χ3v) is 8.86. The zero-order chi connectivity index (χ0) is 31.7. The number of likely N-dealkylation sites (N-methyl/N-ethyl adjacent to an activating group) is 1. The normalized spacial score (nSPS) is 18.6. The number of benzene rings is 2. The van der Waals surface area contributed by atoms with Gasteiger partial charge >= 0.3 is 6.01 Å². The molecule has 0 radical (unpaired) electrons. The maximum Gasteiger partial charge on any atom is 0.319 e. The minimum absolute atomic E-state index is 0.00217. The van der Waals surface area contributed by atoms with E-state index in [1.54, 1.807) is 6.20 Å². The number of anilines is 1. The summed E-state index contributed by atoms with van der Waals surface area (Å²) in [5, 5.41) is 22.7. The summed E-state index contributed by atoms with van der Waals surface area (Å²) >= 11 is 0. The number of nitrogens with zero attached hydrogens (tertiary/aromatic N) is 8. The summed E-state index contributed by atoms with van der Waals surface area (Å²) in [6.07, 6.45) is 3.76. The van der Waals surface area contributed by atoms with E-state index in [2.05, 4.69) is 30.7 Å². The lowest BCUT2D eigenvalue weighted by Crippen LogP contribution is -2.55. The second-order valence-electron chi connectivity index (χ2n) is 11.6. The Bertz CT molecular complexity index is 1890. The molecule has 45 heavy (non-hydrogen) atoms. The van der Waals surface area contributed by atoms with Crippen LogP contribution in [0, 0.1) is 29.6 Å². The van der Waals surface area contributed by atoms with E-state index in [9.17, 15) is 19.7 Å². The molecule has 0 N–H and O–H groups in total. The molecule has 1 amide bonds. The van der Waals surface area contributed by atoms with Crippen LogP contribution < -0.4 is 9.64 Å². The third-order valence-electron chi connectivity index (χ3n) is 8.86. The first-order valence-corrected chi connectivity index (χ1v) is 15.0. The highest BCUT2D eigenvalue weighted by atomic mass is 19.1. The number of aryl methyl sites for hydroxylation is 1. The number of hydrogen-bond acceptors (Lipinski definition) is 9. The summed E-state index contributed by atoms with van der Waals surface area (Å²) in [6.45, 7) is 7.26. The average molecular weight is 605 g/mol. The molecule has 2 aliphatic heterocycles. The van der Waals surface area contributed by atoms with E-state index >= 15 is 0 Å². The van der Waals surface area contributed by atoms with Crippen LogP contribution >= 0.6 is 0 Å². The molecule has 2 atom stereocenters. The number of halogens is 1. The quantitative estimate of drug-likeness (QED) is 0.271. The number of pyridine rings is 1. The molecule has 4 aromatic rings. The molecule has 2 aliphatic rings. The summed E-state index contributed by atoms with van der Waals surface area (Å²) in [6, 6.07) is 16.2. The van der Waals surface area contributed by atoms with E-state index in [0.717, 1.165) is 41.3 Å². The molecule has 0 saturated carbocycles. The standard InChI is InChI=1S/C34H33FN8O2/c1-21-7-4-8-23-9-5-11-26(29(21)23)30-27(17-37)31-28(18-38-30)32(40-34(39-31)45-20-25-10-6-14-41(25)3)42-15-16-43(33(44)22(2)35)24(19-42)12-13-36/h4-5,7-9,11,18,24-25H,2,6,10,12,14-16,19-20H2,1,3H3/t24-,25-/m0/s1. The van der Waals surface area contributed by atoms with E-state index in [1.807, 2.05) is 48.2 Å². The maximum absolute atomic E-state index is 13.8. The highest BCUT2D eigenvalue weighted by molar-refractivity contribution is 6.03. The van der Waals surface area contributed by atoms with Crippen molar-refractivity contribution in [3.8, 4) is 29.4 Å². The van der Waals surface area contributed by atoms with Gasteiger partial charge in [0.1, 0.15) is 29.6 Å². The molecule has 2 aromatic heterocycles. The summed E-state index contributed by atoms with van der Waals surface area (Å²) in [5.74, 6) is -1.41. The molecule has 0 unspecified atom stereocenters. The van der Waals surface area contributed by atoms with Crippen molar-refractivity contribution in [3.63, 3.8) is 0 Å². The molecule has 2 fully saturated rings. The highest BCUT2D eigenvalue weighted by Crippen LogP contribution is 2.37. The minimum atomic E-state index is -1.06. The van der Waals surface area contributed by atoms with Gasteiger partial charge in [-0.15, -0.1) is 0 Å². The first kappa shape index (κ1) is 29.9. The molecule has 0 aliphatic carbocycles. The molecule has 4 heterocycles. The van der Waals surface area contributed by atoms with Crippen molar-refractivity contribution in [1.29, 1.82) is 10.5 Å². The van der Waals surface area contributed by atoms with Gasteiger partial charge in [-0.3, -0.25) is 9.78 Å². The van der Waals surface area contributed by atoms with E-state index in [0.29, 0.717) is 41.1 Å².